The predicted octanol–water partition coefficient (Wildman–Crippen LogP) is 2.19. The number of anilines is 1. The Hall–Kier alpha value is -3.49. The number of rotatable bonds is 6. The van der Waals surface area contributed by atoms with Gasteiger partial charge in [0.2, 0.25) is 11.8 Å². The zero-order chi connectivity index (χ0) is 22.7. The van der Waals surface area contributed by atoms with E-state index >= 15 is 0 Å². The molecule has 3 aromatic rings. The molecule has 1 N–H and O–H groups in total. The number of fused-ring (bicyclic) bond motifs is 1. The van der Waals surface area contributed by atoms with Crippen LogP contribution in [0.4, 0.5) is 5.69 Å². The molecule has 1 saturated heterocycles. The van der Waals surface area contributed by atoms with E-state index in [0.29, 0.717) is 25.2 Å². The molecule has 4 rings (SSSR count). The molecule has 1 unspecified atom stereocenters. The summed E-state index contributed by atoms with van der Waals surface area (Å²) < 4.78 is 3.25. The molecule has 0 saturated carbocycles. The van der Waals surface area contributed by atoms with E-state index in [-0.39, 0.29) is 29.8 Å². The van der Waals surface area contributed by atoms with E-state index in [4.69, 9.17) is 0 Å². The fourth-order valence-electron chi connectivity index (χ4n) is 4.22. The number of amides is 2. The summed E-state index contributed by atoms with van der Waals surface area (Å²) in [6.07, 6.45) is 3.86. The minimum atomic E-state index is -0.294. The minimum absolute atomic E-state index is 0.0739. The predicted molar refractivity (Wildman–Crippen MR) is 121 cm³/mol. The van der Waals surface area contributed by atoms with Crippen molar-refractivity contribution in [2.45, 2.75) is 46.2 Å². The van der Waals surface area contributed by atoms with Crippen LogP contribution in [0.15, 0.2) is 41.5 Å². The molecule has 168 valence electrons. The van der Waals surface area contributed by atoms with Gasteiger partial charge in [-0.2, -0.15) is 5.10 Å². The third-order valence-corrected chi connectivity index (χ3v) is 5.88. The highest BCUT2D eigenvalue weighted by atomic mass is 16.2. The number of imidazole rings is 1. The van der Waals surface area contributed by atoms with Crippen LogP contribution in [0.25, 0.3) is 11.0 Å². The number of carbonyl (C=O) groups excluding carboxylic acids is 2. The first-order chi connectivity index (χ1) is 15.4. The smallest absolute Gasteiger partial charge is 0.267 e. The van der Waals surface area contributed by atoms with Crippen molar-refractivity contribution in [3.8, 4) is 0 Å². The summed E-state index contributed by atoms with van der Waals surface area (Å²) in [5.74, 6) is -0.139. The summed E-state index contributed by atoms with van der Waals surface area (Å²) in [7, 11) is 0. The van der Waals surface area contributed by atoms with Crippen LogP contribution < -0.4 is 10.9 Å². The van der Waals surface area contributed by atoms with E-state index in [1.165, 1.54) is 10.7 Å². The molecular weight excluding hydrogens is 408 g/mol. The second kappa shape index (κ2) is 9.33. The quantitative estimate of drug-likeness (QED) is 0.638. The zero-order valence-electron chi connectivity index (χ0n) is 18.5. The summed E-state index contributed by atoms with van der Waals surface area (Å²) in [4.78, 5) is 43.4. The number of hydrogen-bond donors (Lipinski definition) is 1. The van der Waals surface area contributed by atoms with E-state index < -0.39 is 0 Å². The lowest BCUT2D eigenvalue weighted by Crippen LogP contribution is -2.43. The number of carbonyl (C=O) groups is 2. The monoisotopic (exact) mass is 436 g/mol. The molecular formula is C23H28N6O3. The minimum Gasteiger partial charge on any atom is -0.341 e. The van der Waals surface area contributed by atoms with Gasteiger partial charge in [0.1, 0.15) is 6.54 Å². The SMILES string of the molecule is CCn1cnc2cc(NC(=O)CC3CCCN(C(=O)Cn4nc(C)ccc4=O)C3)ccc21. The van der Waals surface area contributed by atoms with Gasteiger partial charge in [0.25, 0.3) is 5.56 Å². The van der Waals surface area contributed by atoms with Crippen molar-refractivity contribution in [1.82, 2.24) is 24.2 Å². The fraction of sp³-hybridized carbons (Fsp3) is 0.435. The Balaban J connectivity index is 1.34. The summed E-state index contributed by atoms with van der Waals surface area (Å²) in [6.45, 7) is 5.74. The standard InChI is InChI=1S/C23H28N6O3/c1-3-27-15-24-19-12-18(7-8-20(19)27)25-21(30)11-17-5-4-10-28(13-17)23(32)14-29-22(31)9-6-16(2)26-29/h6-9,12,15,17H,3-5,10-11,13-14H2,1-2H3,(H,25,30). The Morgan fingerprint density at radius 3 is 2.88 bits per heavy atom. The van der Waals surface area contributed by atoms with Crippen molar-refractivity contribution in [3.63, 3.8) is 0 Å². The molecule has 0 spiro atoms. The average Bonchev–Trinajstić information content (AvgIpc) is 3.18. The molecule has 2 aromatic heterocycles. The number of aromatic nitrogens is 4. The number of piperidine rings is 1. The van der Waals surface area contributed by atoms with Crippen LogP contribution in [-0.2, 0) is 22.7 Å². The van der Waals surface area contributed by atoms with Crippen molar-refractivity contribution < 1.29 is 9.59 Å². The van der Waals surface area contributed by atoms with E-state index in [1.807, 2.05) is 18.2 Å². The Bertz CT molecular complexity index is 1200. The summed E-state index contributed by atoms with van der Waals surface area (Å²) in [5.41, 5.74) is 2.99. The summed E-state index contributed by atoms with van der Waals surface area (Å²) >= 11 is 0. The molecule has 2 amide bonds. The van der Waals surface area contributed by atoms with Crippen LogP contribution in [0, 0.1) is 12.8 Å². The summed E-state index contributed by atoms with van der Waals surface area (Å²) in [6, 6.07) is 8.78. The molecule has 9 heteroatoms. The Labute approximate surface area is 186 Å². The van der Waals surface area contributed by atoms with Gasteiger partial charge >= 0.3 is 0 Å². The normalized spacial score (nSPS) is 16.3. The lowest BCUT2D eigenvalue weighted by atomic mass is 9.94. The van der Waals surface area contributed by atoms with Gasteiger partial charge < -0.3 is 14.8 Å². The van der Waals surface area contributed by atoms with Crippen LogP contribution in [0.1, 0.15) is 31.9 Å². The highest BCUT2D eigenvalue weighted by Gasteiger charge is 2.26. The van der Waals surface area contributed by atoms with Gasteiger partial charge in [0.15, 0.2) is 0 Å². The topological polar surface area (TPSA) is 102 Å². The van der Waals surface area contributed by atoms with Crippen molar-refractivity contribution in [1.29, 1.82) is 0 Å². The van der Waals surface area contributed by atoms with E-state index in [1.54, 1.807) is 24.2 Å². The largest absolute Gasteiger partial charge is 0.341 e. The van der Waals surface area contributed by atoms with Crippen molar-refractivity contribution in [3.05, 3.63) is 52.7 Å². The number of likely N-dealkylation sites (tertiary alicyclic amines) is 1. The van der Waals surface area contributed by atoms with Crippen molar-refractivity contribution in [2.75, 3.05) is 18.4 Å². The third kappa shape index (κ3) is 4.87. The number of benzene rings is 1. The van der Waals surface area contributed by atoms with E-state index in [2.05, 4.69) is 26.9 Å². The average molecular weight is 437 g/mol. The van der Waals surface area contributed by atoms with Crippen LogP contribution in [0.3, 0.4) is 0 Å². The molecule has 0 radical (unpaired) electrons. The van der Waals surface area contributed by atoms with Crippen LogP contribution in [-0.4, -0.2) is 49.1 Å². The molecule has 1 aliphatic rings. The fourth-order valence-corrected chi connectivity index (χ4v) is 4.22. The maximum atomic E-state index is 12.7. The van der Waals surface area contributed by atoms with Crippen LogP contribution >= 0.6 is 0 Å². The maximum Gasteiger partial charge on any atom is 0.267 e. The highest BCUT2D eigenvalue weighted by Crippen LogP contribution is 2.22. The lowest BCUT2D eigenvalue weighted by Gasteiger charge is -2.32. The van der Waals surface area contributed by atoms with Gasteiger partial charge in [-0.15, -0.1) is 0 Å². The second-order valence-electron chi connectivity index (χ2n) is 8.30. The van der Waals surface area contributed by atoms with Crippen molar-refractivity contribution >= 4 is 28.5 Å². The Kier molecular flexibility index (Phi) is 6.34. The molecule has 3 heterocycles. The number of nitrogens with one attached hydrogen (secondary N) is 1. The number of nitrogens with zero attached hydrogens (tertiary/aromatic N) is 5. The van der Waals surface area contributed by atoms with Gasteiger partial charge in [0.05, 0.1) is 23.1 Å². The molecule has 1 aliphatic heterocycles. The zero-order valence-corrected chi connectivity index (χ0v) is 18.5. The number of hydrogen-bond acceptors (Lipinski definition) is 5. The first kappa shape index (κ1) is 21.7. The van der Waals surface area contributed by atoms with Gasteiger partial charge in [-0.25, -0.2) is 9.67 Å². The van der Waals surface area contributed by atoms with Crippen molar-refractivity contribution in [2.24, 2.45) is 5.92 Å². The molecule has 32 heavy (non-hydrogen) atoms. The van der Waals surface area contributed by atoms with Crippen LogP contribution in [0.5, 0.6) is 0 Å². The summed E-state index contributed by atoms with van der Waals surface area (Å²) in [5, 5.41) is 7.10. The second-order valence-corrected chi connectivity index (χ2v) is 8.30. The Morgan fingerprint density at radius 1 is 1.22 bits per heavy atom. The molecule has 1 atom stereocenters. The van der Waals surface area contributed by atoms with Gasteiger partial charge in [-0.3, -0.25) is 14.4 Å². The van der Waals surface area contributed by atoms with E-state index in [9.17, 15) is 14.4 Å². The van der Waals surface area contributed by atoms with E-state index in [0.717, 1.165) is 36.1 Å². The first-order valence-electron chi connectivity index (χ1n) is 11.0. The molecule has 9 nitrogen and oxygen atoms in total. The van der Waals surface area contributed by atoms with Gasteiger partial charge in [-0.1, -0.05) is 0 Å². The third-order valence-electron chi connectivity index (χ3n) is 5.88. The van der Waals surface area contributed by atoms with Crippen LogP contribution in [0.2, 0.25) is 0 Å². The maximum absolute atomic E-state index is 12.7. The van der Waals surface area contributed by atoms with Gasteiger partial charge in [-0.05, 0) is 56.9 Å². The van der Waals surface area contributed by atoms with Gasteiger partial charge in [0, 0.05) is 37.8 Å². The number of aryl methyl sites for hydroxylation is 2. The molecule has 1 fully saturated rings. The molecule has 0 aliphatic carbocycles. The first-order valence-corrected chi connectivity index (χ1v) is 11.0. The molecule has 1 aromatic carbocycles. The highest BCUT2D eigenvalue weighted by molar-refractivity contribution is 5.93. The Morgan fingerprint density at radius 2 is 2.06 bits per heavy atom. The molecule has 0 bridgehead atoms. The lowest BCUT2D eigenvalue weighted by molar-refractivity contribution is -0.134.